The number of ether oxygens (including phenoxy) is 1. The molecule has 0 radical (unpaired) electrons. The molecule has 0 N–H and O–H groups in total. The van der Waals surface area contributed by atoms with E-state index in [0.29, 0.717) is 18.1 Å². The molecular formula is C12H14ClN3O3S. The molecule has 20 heavy (non-hydrogen) atoms. The molecule has 0 amide bonds. The van der Waals surface area contributed by atoms with Crippen LogP contribution in [0.4, 0.5) is 0 Å². The fourth-order valence-corrected chi connectivity index (χ4v) is 2.55. The average Bonchev–Trinajstić information content (AvgIpc) is 2.70. The first-order valence-corrected chi connectivity index (χ1v) is 8.10. The lowest BCUT2D eigenvalue weighted by Gasteiger charge is -2.07. The van der Waals surface area contributed by atoms with Gasteiger partial charge in [0.1, 0.15) is 11.6 Å². The van der Waals surface area contributed by atoms with Crippen molar-refractivity contribution in [3.05, 3.63) is 35.5 Å². The van der Waals surface area contributed by atoms with Crippen LogP contribution in [0.15, 0.2) is 23.4 Å². The average molecular weight is 316 g/mol. The highest BCUT2D eigenvalue weighted by atomic mass is 35.7. The Bertz CT molecular complexity index is 740. The maximum absolute atomic E-state index is 11.3. The summed E-state index contributed by atoms with van der Waals surface area (Å²) in [6.45, 7) is 3.96. The number of imidazole rings is 1. The summed E-state index contributed by atoms with van der Waals surface area (Å²) in [5.74, 6) is 1.25. The van der Waals surface area contributed by atoms with Crippen molar-refractivity contribution in [3.8, 4) is 5.75 Å². The first-order valence-electron chi connectivity index (χ1n) is 5.79. The molecule has 0 aliphatic rings. The molecule has 0 saturated heterocycles. The van der Waals surface area contributed by atoms with E-state index >= 15 is 0 Å². The Morgan fingerprint density at radius 2 is 2.00 bits per heavy atom. The van der Waals surface area contributed by atoms with Crippen molar-refractivity contribution in [2.24, 2.45) is 0 Å². The Hall–Kier alpha value is -1.60. The van der Waals surface area contributed by atoms with Gasteiger partial charge in [-0.05, 0) is 13.8 Å². The van der Waals surface area contributed by atoms with Crippen molar-refractivity contribution in [2.75, 3.05) is 7.11 Å². The highest BCUT2D eigenvalue weighted by Crippen LogP contribution is 2.17. The van der Waals surface area contributed by atoms with Crippen LogP contribution in [0.1, 0.15) is 17.2 Å². The van der Waals surface area contributed by atoms with Gasteiger partial charge < -0.3 is 9.30 Å². The zero-order valence-electron chi connectivity index (χ0n) is 11.3. The zero-order chi connectivity index (χ0) is 14.9. The number of hydrogen-bond acceptors (Lipinski definition) is 5. The summed E-state index contributed by atoms with van der Waals surface area (Å²) in [5.41, 5.74) is 1.57. The molecule has 2 aromatic heterocycles. The van der Waals surface area contributed by atoms with Gasteiger partial charge in [-0.2, -0.15) is 0 Å². The first-order chi connectivity index (χ1) is 9.29. The molecule has 0 unspecified atom stereocenters. The van der Waals surface area contributed by atoms with E-state index < -0.39 is 9.05 Å². The van der Waals surface area contributed by atoms with Crippen molar-refractivity contribution in [2.45, 2.75) is 25.4 Å². The molecule has 0 aliphatic heterocycles. The number of rotatable bonds is 4. The lowest BCUT2D eigenvalue weighted by Crippen LogP contribution is -2.04. The second-order valence-electron chi connectivity index (χ2n) is 4.33. The van der Waals surface area contributed by atoms with Crippen molar-refractivity contribution in [1.29, 1.82) is 0 Å². The molecule has 0 aromatic carbocycles. The van der Waals surface area contributed by atoms with Crippen LogP contribution in [-0.4, -0.2) is 30.1 Å². The topological polar surface area (TPSA) is 74.1 Å². The van der Waals surface area contributed by atoms with Crippen LogP contribution in [0.2, 0.25) is 0 Å². The molecule has 0 aliphatic carbocycles. The molecule has 2 rings (SSSR count). The molecule has 0 spiro atoms. The maximum atomic E-state index is 11.3. The molecule has 0 fully saturated rings. The molecule has 0 atom stereocenters. The predicted molar refractivity (Wildman–Crippen MR) is 74.6 cm³/mol. The van der Waals surface area contributed by atoms with Crippen molar-refractivity contribution in [1.82, 2.24) is 14.5 Å². The lowest BCUT2D eigenvalue weighted by atomic mass is 10.3. The van der Waals surface area contributed by atoms with Crippen LogP contribution in [0, 0.1) is 13.8 Å². The third-order valence-electron chi connectivity index (χ3n) is 2.75. The number of aryl methyl sites for hydroxylation is 2. The second kappa shape index (κ2) is 5.41. The fourth-order valence-electron chi connectivity index (χ4n) is 1.83. The maximum Gasteiger partial charge on any atom is 0.280 e. The van der Waals surface area contributed by atoms with E-state index in [1.54, 1.807) is 24.7 Å². The van der Waals surface area contributed by atoms with Crippen molar-refractivity contribution < 1.29 is 13.2 Å². The van der Waals surface area contributed by atoms with Gasteiger partial charge in [-0.15, -0.1) is 0 Å². The fraction of sp³-hybridized carbons (Fsp3) is 0.333. The second-order valence-corrected chi connectivity index (χ2v) is 6.84. The van der Waals surface area contributed by atoms with Crippen LogP contribution in [0.3, 0.4) is 0 Å². The van der Waals surface area contributed by atoms with Gasteiger partial charge in [-0.1, -0.05) is 0 Å². The van der Waals surface area contributed by atoms with E-state index in [1.807, 2.05) is 13.0 Å². The van der Waals surface area contributed by atoms with Gasteiger partial charge in [0.15, 0.2) is 5.03 Å². The lowest BCUT2D eigenvalue weighted by molar-refractivity contribution is 0.413. The highest BCUT2D eigenvalue weighted by molar-refractivity contribution is 8.13. The van der Waals surface area contributed by atoms with Crippen LogP contribution < -0.4 is 4.74 Å². The zero-order valence-corrected chi connectivity index (χ0v) is 12.9. The van der Waals surface area contributed by atoms with Gasteiger partial charge in [0.05, 0.1) is 19.3 Å². The summed E-state index contributed by atoms with van der Waals surface area (Å²) >= 11 is 0. The van der Waals surface area contributed by atoms with Crippen LogP contribution in [0.25, 0.3) is 0 Å². The number of methoxy groups -OCH3 is 1. The SMILES string of the molecule is COc1cc(C)nc(Cn2cc(S(=O)(=O)Cl)nc2C)c1. The number of nitrogens with zero attached hydrogens (tertiary/aromatic N) is 3. The normalized spacial score (nSPS) is 11.6. The van der Waals surface area contributed by atoms with Gasteiger partial charge >= 0.3 is 0 Å². The summed E-state index contributed by atoms with van der Waals surface area (Å²) in [6.07, 6.45) is 1.40. The first kappa shape index (κ1) is 14.8. The van der Waals surface area contributed by atoms with E-state index in [9.17, 15) is 8.42 Å². The minimum Gasteiger partial charge on any atom is -0.497 e. The van der Waals surface area contributed by atoms with E-state index in [0.717, 1.165) is 11.4 Å². The number of hydrogen-bond donors (Lipinski definition) is 0. The summed E-state index contributed by atoms with van der Waals surface area (Å²) in [7, 11) is 3.04. The minimum absolute atomic E-state index is 0.156. The Morgan fingerprint density at radius 1 is 1.30 bits per heavy atom. The molecule has 6 nitrogen and oxygen atoms in total. The van der Waals surface area contributed by atoms with E-state index in [-0.39, 0.29) is 5.03 Å². The van der Waals surface area contributed by atoms with Crippen molar-refractivity contribution in [3.63, 3.8) is 0 Å². The largest absolute Gasteiger partial charge is 0.497 e. The van der Waals surface area contributed by atoms with Crippen LogP contribution in [0.5, 0.6) is 5.75 Å². The van der Waals surface area contributed by atoms with E-state index in [2.05, 4.69) is 9.97 Å². The quantitative estimate of drug-likeness (QED) is 0.805. The molecule has 8 heteroatoms. The Kier molecular flexibility index (Phi) is 4.01. The smallest absolute Gasteiger partial charge is 0.280 e. The van der Waals surface area contributed by atoms with Crippen LogP contribution in [-0.2, 0) is 15.6 Å². The number of aromatic nitrogens is 3. The third-order valence-corrected chi connectivity index (χ3v) is 3.92. The Morgan fingerprint density at radius 3 is 2.55 bits per heavy atom. The molecule has 2 aromatic rings. The number of pyridine rings is 1. The minimum atomic E-state index is -3.82. The number of halogens is 1. The molecule has 0 saturated carbocycles. The highest BCUT2D eigenvalue weighted by Gasteiger charge is 2.16. The summed E-state index contributed by atoms with van der Waals surface area (Å²) in [6, 6.07) is 3.61. The van der Waals surface area contributed by atoms with Gasteiger partial charge in [0, 0.05) is 34.7 Å². The van der Waals surface area contributed by atoms with E-state index in [1.165, 1.54) is 6.20 Å². The van der Waals surface area contributed by atoms with Crippen LogP contribution >= 0.6 is 10.7 Å². The summed E-state index contributed by atoms with van der Waals surface area (Å²) in [5, 5.41) is -0.156. The Labute approximate surface area is 121 Å². The van der Waals surface area contributed by atoms with Gasteiger partial charge in [0.2, 0.25) is 0 Å². The molecule has 108 valence electrons. The van der Waals surface area contributed by atoms with Gasteiger partial charge in [-0.25, -0.2) is 13.4 Å². The molecule has 0 bridgehead atoms. The summed E-state index contributed by atoms with van der Waals surface area (Å²) in [4.78, 5) is 8.31. The summed E-state index contributed by atoms with van der Waals surface area (Å²) < 4.78 is 29.4. The van der Waals surface area contributed by atoms with E-state index in [4.69, 9.17) is 15.4 Å². The third kappa shape index (κ3) is 3.29. The van der Waals surface area contributed by atoms with Crippen molar-refractivity contribution >= 4 is 19.7 Å². The monoisotopic (exact) mass is 315 g/mol. The van der Waals surface area contributed by atoms with Gasteiger partial charge in [-0.3, -0.25) is 4.98 Å². The standard InChI is InChI=1S/C12H14ClN3O3S/c1-8-4-11(19-3)5-10(14-8)6-16-7-12(15-9(16)2)20(13,17)18/h4-5,7H,6H2,1-3H3. The van der Waals surface area contributed by atoms with Gasteiger partial charge in [0.25, 0.3) is 9.05 Å². The predicted octanol–water partition coefficient (Wildman–Crippen LogP) is 1.88. The molecule has 2 heterocycles. The Balaban J connectivity index is 2.35. The molecular weight excluding hydrogens is 302 g/mol.